The molecular weight excluding hydrogens is 140 g/mol. The maximum atomic E-state index is 11.2. The van der Waals surface area contributed by atoms with Crippen LogP contribution in [-0.2, 0) is 0 Å². The molecule has 0 N–H and O–H groups in total. The molecular formula is C9H12O2. The molecule has 1 aromatic heterocycles. The third kappa shape index (κ3) is 1.34. The smallest absolute Gasteiger partial charge is 0.197 e. The van der Waals surface area contributed by atoms with Crippen molar-refractivity contribution >= 4 is 5.78 Å². The van der Waals surface area contributed by atoms with Crippen molar-refractivity contribution in [2.75, 3.05) is 0 Å². The summed E-state index contributed by atoms with van der Waals surface area (Å²) >= 11 is 0. The Kier molecular flexibility index (Phi) is 2.13. The van der Waals surface area contributed by atoms with Crippen LogP contribution in [-0.4, -0.2) is 5.78 Å². The van der Waals surface area contributed by atoms with E-state index in [0.29, 0.717) is 12.2 Å². The molecule has 60 valence electrons. The highest BCUT2D eigenvalue weighted by Gasteiger charge is 2.12. The van der Waals surface area contributed by atoms with Gasteiger partial charge in [-0.15, -0.1) is 0 Å². The first-order valence-corrected chi connectivity index (χ1v) is 3.74. The lowest BCUT2D eigenvalue weighted by atomic mass is 10.1. The first kappa shape index (κ1) is 8.05. The van der Waals surface area contributed by atoms with Gasteiger partial charge in [0.25, 0.3) is 0 Å². The van der Waals surface area contributed by atoms with Gasteiger partial charge in [-0.3, -0.25) is 4.79 Å². The minimum absolute atomic E-state index is 0.0793. The fraction of sp³-hybridized carbons (Fsp3) is 0.444. The summed E-state index contributed by atoms with van der Waals surface area (Å²) in [5, 5.41) is 0. The molecule has 0 aliphatic carbocycles. The number of rotatable bonds is 2. The van der Waals surface area contributed by atoms with E-state index in [1.54, 1.807) is 6.26 Å². The Hall–Kier alpha value is -1.05. The van der Waals surface area contributed by atoms with Gasteiger partial charge in [-0.1, -0.05) is 6.92 Å². The number of ketones is 1. The highest BCUT2D eigenvalue weighted by molar-refractivity contribution is 5.94. The SMILES string of the molecule is CCC(=O)c1occ(C)c1C. The summed E-state index contributed by atoms with van der Waals surface area (Å²) in [5.74, 6) is 0.598. The highest BCUT2D eigenvalue weighted by Crippen LogP contribution is 2.16. The van der Waals surface area contributed by atoms with E-state index in [0.717, 1.165) is 11.1 Å². The van der Waals surface area contributed by atoms with E-state index >= 15 is 0 Å². The molecule has 0 aliphatic heterocycles. The van der Waals surface area contributed by atoms with Crippen LogP contribution in [0.25, 0.3) is 0 Å². The van der Waals surface area contributed by atoms with E-state index in [4.69, 9.17) is 4.42 Å². The molecule has 1 rings (SSSR count). The number of hydrogen-bond donors (Lipinski definition) is 0. The van der Waals surface area contributed by atoms with Crippen LogP contribution >= 0.6 is 0 Å². The Morgan fingerprint density at radius 2 is 2.18 bits per heavy atom. The van der Waals surface area contributed by atoms with Crippen LogP contribution in [0.2, 0.25) is 0 Å². The molecule has 0 saturated carbocycles. The highest BCUT2D eigenvalue weighted by atomic mass is 16.3. The van der Waals surface area contributed by atoms with Gasteiger partial charge in [0.05, 0.1) is 6.26 Å². The van der Waals surface area contributed by atoms with E-state index in [1.165, 1.54) is 0 Å². The van der Waals surface area contributed by atoms with Crippen molar-refractivity contribution in [3.05, 3.63) is 23.2 Å². The van der Waals surface area contributed by atoms with Crippen molar-refractivity contribution in [2.45, 2.75) is 27.2 Å². The van der Waals surface area contributed by atoms with E-state index in [9.17, 15) is 4.79 Å². The van der Waals surface area contributed by atoms with Crippen LogP contribution in [0.1, 0.15) is 35.0 Å². The molecule has 2 nitrogen and oxygen atoms in total. The largest absolute Gasteiger partial charge is 0.461 e. The molecule has 0 aromatic carbocycles. The predicted octanol–water partition coefficient (Wildman–Crippen LogP) is 2.49. The molecule has 0 amide bonds. The van der Waals surface area contributed by atoms with Gasteiger partial charge >= 0.3 is 0 Å². The number of aryl methyl sites for hydroxylation is 1. The van der Waals surface area contributed by atoms with E-state index in [-0.39, 0.29) is 5.78 Å². The molecule has 0 aliphatic rings. The van der Waals surface area contributed by atoms with Crippen LogP contribution in [0.4, 0.5) is 0 Å². The average Bonchev–Trinajstić information content (AvgIpc) is 2.32. The Balaban J connectivity index is 3.04. The topological polar surface area (TPSA) is 30.2 Å². The zero-order valence-corrected chi connectivity index (χ0v) is 7.10. The van der Waals surface area contributed by atoms with Gasteiger partial charge in [0.15, 0.2) is 11.5 Å². The summed E-state index contributed by atoms with van der Waals surface area (Å²) in [6.07, 6.45) is 2.13. The Morgan fingerprint density at radius 3 is 2.55 bits per heavy atom. The number of carbonyl (C=O) groups is 1. The van der Waals surface area contributed by atoms with Gasteiger partial charge in [0.2, 0.25) is 0 Å². The van der Waals surface area contributed by atoms with Crippen LogP contribution in [0.5, 0.6) is 0 Å². The van der Waals surface area contributed by atoms with Crippen molar-refractivity contribution in [1.29, 1.82) is 0 Å². The second-order valence-corrected chi connectivity index (χ2v) is 2.65. The van der Waals surface area contributed by atoms with Crippen LogP contribution in [0.15, 0.2) is 10.7 Å². The second-order valence-electron chi connectivity index (χ2n) is 2.65. The first-order chi connectivity index (χ1) is 5.16. The lowest BCUT2D eigenvalue weighted by Crippen LogP contribution is -1.96. The molecule has 0 radical (unpaired) electrons. The van der Waals surface area contributed by atoms with Gasteiger partial charge in [0.1, 0.15) is 0 Å². The number of furan rings is 1. The van der Waals surface area contributed by atoms with Crippen LogP contribution in [0, 0.1) is 13.8 Å². The normalized spacial score (nSPS) is 10.1. The molecule has 0 bridgehead atoms. The lowest BCUT2D eigenvalue weighted by Gasteiger charge is -1.92. The zero-order chi connectivity index (χ0) is 8.43. The van der Waals surface area contributed by atoms with Crippen molar-refractivity contribution in [1.82, 2.24) is 0 Å². The summed E-state index contributed by atoms with van der Waals surface area (Å²) < 4.78 is 5.10. The molecule has 0 fully saturated rings. The first-order valence-electron chi connectivity index (χ1n) is 3.74. The Bertz CT molecular complexity index is 271. The van der Waals surface area contributed by atoms with Gasteiger partial charge in [0, 0.05) is 12.0 Å². The Morgan fingerprint density at radius 1 is 1.55 bits per heavy atom. The van der Waals surface area contributed by atoms with Gasteiger partial charge in [-0.25, -0.2) is 0 Å². The second kappa shape index (κ2) is 2.91. The lowest BCUT2D eigenvalue weighted by molar-refractivity contribution is 0.0960. The molecule has 0 saturated heterocycles. The summed E-state index contributed by atoms with van der Waals surface area (Å²) in [6.45, 7) is 5.67. The number of carbonyl (C=O) groups excluding carboxylic acids is 1. The summed E-state index contributed by atoms with van der Waals surface area (Å²) in [7, 11) is 0. The molecule has 0 spiro atoms. The van der Waals surface area contributed by atoms with Crippen molar-refractivity contribution < 1.29 is 9.21 Å². The zero-order valence-electron chi connectivity index (χ0n) is 7.10. The van der Waals surface area contributed by atoms with Crippen molar-refractivity contribution in [3.8, 4) is 0 Å². The minimum Gasteiger partial charge on any atom is -0.461 e. The molecule has 2 heteroatoms. The molecule has 0 unspecified atom stereocenters. The maximum Gasteiger partial charge on any atom is 0.197 e. The van der Waals surface area contributed by atoms with E-state index in [1.807, 2.05) is 20.8 Å². The molecule has 0 atom stereocenters. The average molecular weight is 152 g/mol. The minimum atomic E-state index is 0.0793. The molecule has 11 heavy (non-hydrogen) atoms. The summed E-state index contributed by atoms with van der Waals surface area (Å²) in [6, 6.07) is 0. The quantitative estimate of drug-likeness (QED) is 0.609. The fourth-order valence-corrected chi connectivity index (χ4v) is 0.939. The predicted molar refractivity (Wildman–Crippen MR) is 42.8 cm³/mol. The molecule has 1 aromatic rings. The fourth-order valence-electron chi connectivity index (χ4n) is 0.939. The van der Waals surface area contributed by atoms with Gasteiger partial charge in [-0.2, -0.15) is 0 Å². The van der Waals surface area contributed by atoms with Gasteiger partial charge in [-0.05, 0) is 19.4 Å². The van der Waals surface area contributed by atoms with Crippen LogP contribution in [0.3, 0.4) is 0 Å². The maximum absolute atomic E-state index is 11.2. The summed E-state index contributed by atoms with van der Waals surface area (Å²) in [4.78, 5) is 11.2. The standard InChI is InChI=1S/C9H12O2/c1-4-8(10)9-7(3)6(2)5-11-9/h5H,4H2,1-3H3. The van der Waals surface area contributed by atoms with Crippen molar-refractivity contribution in [3.63, 3.8) is 0 Å². The third-order valence-electron chi connectivity index (χ3n) is 1.86. The van der Waals surface area contributed by atoms with E-state index in [2.05, 4.69) is 0 Å². The number of hydrogen-bond acceptors (Lipinski definition) is 2. The van der Waals surface area contributed by atoms with Crippen molar-refractivity contribution in [2.24, 2.45) is 0 Å². The monoisotopic (exact) mass is 152 g/mol. The summed E-state index contributed by atoms with van der Waals surface area (Å²) in [5.41, 5.74) is 2.01. The Labute approximate surface area is 66.2 Å². The number of Topliss-reactive ketones (excluding diaryl/α,β-unsaturated/α-hetero) is 1. The van der Waals surface area contributed by atoms with Crippen LogP contribution < -0.4 is 0 Å². The third-order valence-corrected chi connectivity index (χ3v) is 1.86. The van der Waals surface area contributed by atoms with Gasteiger partial charge < -0.3 is 4.42 Å². The molecule has 1 heterocycles. The van der Waals surface area contributed by atoms with E-state index < -0.39 is 0 Å².